The first-order chi connectivity index (χ1) is 9.24. The van der Waals surface area contributed by atoms with Crippen LogP contribution in [0.1, 0.15) is 15.2 Å². The minimum Gasteiger partial charge on any atom is -0.497 e. The van der Waals surface area contributed by atoms with Crippen molar-refractivity contribution in [3.8, 4) is 11.5 Å². The number of rotatable bonds is 5. The highest BCUT2D eigenvalue weighted by atomic mass is 32.1. The summed E-state index contributed by atoms with van der Waals surface area (Å²) >= 11 is 1.59. The summed E-state index contributed by atoms with van der Waals surface area (Å²) in [4.78, 5) is 13.2. The fraction of sp³-hybridized carbons (Fsp3) is 0.133. The van der Waals surface area contributed by atoms with Crippen LogP contribution in [0.3, 0.4) is 0 Å². The Labute approximate surface area is 116 Å². The SMILES string of the molecule is COc1ccc(C(=O)C=Cc2cccs2)c(OC)c1. The van der Waals surface area contributed by atoms with Gasteiger partial charge in [-0.05, 0) is 35.7 Å². The molecule has 98 valence electrons. The van der Waals surface area contributed by atoms with E-state index in [4.69, 9.17) is 9.47 Å². The highest BCUT2D eigenvalue weighted by Crippen LogP contribution is 2.25. The number of hydrogen-bond acceptors (Lipinski definition) is 4. The van der Waals surface area contributed by atoms with Gasteiger partial charge in [-0.2, -0.15) is 0 Å². The van der Waals surface area contributed by atoms with Gasteiger partial charge in [0.05, 0.1) is 19.8 Å². The maximum absolute atomic E-state index is 12.1. The second-order valence-electron chi connectivity index (χ2n) is 3.78. The molecule has 0 aliphatic carbocycles. The second-order valence-corrected chi connectivity index (χ2v) is 4.76. The van der Waals surface area contributed by atoms with Crippen molar-refractivity contribution < 1.29 is 14.3 Å². The lowest BCUT2D eigenvalue weighted by Gasteiger charge is -2.07. The zero-order valence-corrected chi connectivity index (χ0v) is 11.6. The van der Waals surface area contributed by atoms with Crippen LogP contribution in [0.5, 0.6) is 11.5 Å². The van der Waals surface area contributed by atoms with Crippen LogP contribution in [-0.4, -0.2) is 20.0 Å². The summed E-state index contributed by atoms with van der Waals surface area (Å²) in [6, 6.07) is 9.06. The average Bonchev–Trinajstić information content (AvgIpc) is 2.97. The Hall–Kier alpha value is -2.07. The first-order valence-corrected chi connectivity index (χ1v) is 6.60. The molecule has 3 nitrogen and oxygen atoms in total. The van der Waals surface area contributed by atoms with Gasteiger partial charge in [-0.25, -0.2) is 0 Å². The molecule has 0 fully saturated rings. The van der Waals surface area contributed by atoms with Gasteiger partial charge < -0.3 is 9.47 Å². The van der Waals surface area contributed by atoms with Crippen LogP contribution < -0.4 is 9.47 Å². The molecule has 2 rings (SSSR count). The molecular formula is C15H14O3S. The Bertz CT molecular complexity index is 585. The fourth-order valence-electron chi connectivity index (χ4n) is 1.64. The van der Waals surface area contributed by atoms with Gasteiger partial charge in [0, 0.05) is 10.9 Å². The Balaban J connectivity index is 2.23. The number of benzene rings is 1. The Morgan fingerprint density at radius 2 is 2.05 bits per heavy atom. The van der Waals surface area contributed by atoms with E-state index in [0.29, 0.717) is 17.1 Å². The van der Waals surface area contributed by atoms with Crippen LogP contribution in [0.2, 0.25) is 0 Å². The summed E-state index contributed by atoms with van der Waals surface area (Å²) in [5.74, 6) is 1.09. The molecule has 0 spiro atoms. The fourth-order valence-corrected chi connectivity index (χ4v) is 2.25. The van der Waals surface area contributed by atoms with Crippen molar-refractivity contribution in [2.24, 2.45) is 0 Å². The number of thiophene rings is 1. The van der Waals surface area contributed by atoms with E-state index in [1.807, 2.05) is 17.5 Å². The smallest absolute Gasteiger partial charge is 0.189 e. The Morgan fingerprint density at radius 3 is 2.68 bits per heavy atom. The Kier molecular flexibility index (Phi) is 4.36. The van der Waals surface area contributed by atoms with Gasteiger partial charge >= 0.3 is 0 Å². The maximum atomic E-state index is 12.1. The van der Waals surface area contributed by atoms with Crippen molar-refractivity contribution in [2.45, 2.75) is 0 Å². The van der Waals surface area contributed by atoms with Crippen molar-refractivity contribution in [2.75, 3.05) is 14.2 Å². The molecule has 19 heavy (non-hydrogen) atoms. The summed E-state index contributed by atoms with van der Waals surface area (Å²) in [5, 5.41) is 1.97. The van der Waals surface area contributed by atoms with Crippen LogP contribution in [0.15, 0.2) is 41.8 Å². The minimum atomic E-state index is -0.0899. The van der Waals surface area contributed by atoms with Gasteiger partial charge in [0.1, 0.15) is 11.5 Å². The normalized spacial score (nSPS) is 10.6. The standard InChI is InChI=1S/C15H14O3S/c1-17-11-5-7-13(15(10-11)18-2)14(16)8-6-12-4-3-9-19-12/h3-10H,1-2H3. The molecule has 0 amide bonds. The predicted molar refractivity (Wildman–Crippen MR) is 77.2 cm³/mol. The van der Waals surface area contributed by atoms with Crippen LogP contribution >= 0.6 is 11.3 Å². The molecule has 2 aromatic rings. The van der Waals surface area contributed by atoms with E-state index < -0.39 is 0 Å². The molecule has 1 heterocycles. The van der Waals surface area contributed by atoms with Crippen molar-refractivity contribution >= 4 is 23.2 Å². The predicted octanol–water partition coefficient (Wildman–Crippen LogP) is 3.66. The van der Waals surface area contributed by atoms with E-state index >= 15 is 0 Å². The molecule has 4 heteroatoms. The van der Waals surface area contributed by atoms with Gasteiger partial charge in [0.2, 0.25) is 0 Å². The summed E-state index contributed by atoms with van der Waals surface area (Å²) in [6.45, 7) is 0. The molecule has 0 N–H and O–H groups in total. The van der Waals surface area contributed by atoms with E-state index in [-0.39, 0.29) is 5.78 Å². The molecule has 0 atom stereocenters. The monoisotopic (exact) mass is 274 g/mol. The van der Waals surface area contributed by atoms with Gasteiger partial charge in [-0.1, -0.05) is 6.07 Å². The average molecular weight is 274 g/mol. The third kappa shape index (κ3) is 3.23. The number of carbonyl (C=O) groups is 1. The quantitative estimate of drug-likeness (QED) is 0.616. The van der Waals surface area contributed by atoms with Crippen LogP contribution in [0, 0.1) is 0 Å². The van der Waals surface area contributed by atoms with Crippen LogP contribution in [0.4, 0.5) is 0 Å². The van der Waals surface area contributed by atoms with Gasteiger partial charge in [-0.3, -0.25) is 4.79 Å². The lowest BCUT2D eigenvalue weighted by atomic mass is 10.1. The molecule has 1 aromatic heterocycles. The van der Waals surface area contributed by atoms with Gasteiger partial charge in [0.25, 0.3) is 0 Å². The number of hydrogen-bond donors (Lipinski definition) is 0. The third-order valence-corrected chi connectivity index (χ3v) is 3.45. The number of ketones is 1. The summed E-state index contributed by atoms with van der Waals surface area (Å²) < 4.78 is 10.3. The third-order valence-electron chi connectivity index (χ3n) is 2.62. The van der Waals surface area contributed by atoms with E-state index in [0.717, 1.165) is 4.88 Å². The van der Waals surface area contributed by atoms with Crippen molar-refractivity contribution in [1.82, 2.24) is 0 Å². The number of allylic oxidation sites excluding steroid dienone is 1. The van der Waals surface area contributed by atoms with Crippen LogP contribution in [0.25, 0.3) is 6.08 Å². The molecule has 0 bridgehead atoms. The largest absolute Gasteiger partial charge is 0.497 e. The first kappa shape index (κ1) is 13.4. The number of carbonyl (C=O) groups excluding carboxylic acids is 1. The van der Waals surface area contributed by atoms with E-state index in [1.54, 1.807) is 48.8 Å². The molecule has 1 aromatic carbocycles. The molecular weight excluding hydrogens is 260 g/mol. The summed E-state index contributed by atoms with van der Waals surface area (Å²) in [7, 11) is 3.11. The van der Waals surface area contributed by atoms with Crippen molar-refractivity contribution in [3.05, 3.63) is 52.2 Å². The van der Waals surface area contributed by atoms with Gasteiger partial charge in [0.15, 0.2) is 5.78 Å². The molecule has 0 aliphatic rings. The highest BCUT2D eigenvalue weighted by molar-refractivity contribution is 7.10. The van der Waals surface area contributed by atoms with E-state index in [9.17, 15) is 4.79 Å². The number of ether oxygens (including phenoxy) is 2. The highest BCUT2D eigenvalue weighted by Gasteiger charge is 2.10. The van der Waals surface area contributed by atoms with Gasteiger partial charge in [-0.15, -0.1) is 11.3 Å². The summed E-state index contributed by atoms with van der Waals surface area (Å²) in [5.41, 5.74) is 0.524. The number of methoxy groups -OCH3 is 2. The minimum absolute atomic E-state index is 0.0899. The first-order valence-electron chi connectivity index (χ1n) is 5.72. The maximum Gasteiger partial charge on any atom is 0.189 e. The molecule has 0 aliphatic heterocycles. The molecule has 0 saturated carbocycles. The van der Waals surface area contributed by atoms with Crippen molar-refractivity contribution in [3.63, 3.8) is 0 Å². The topological polar surface area (TPSA) is 35.5 Å². The second kappa shape index (κ2) is 6.20. The van der Waals surface area contributed by atoms with E-state index in [1.165, 1.54) is 7.11 Å². The zero-order chi connectivity index (χ0) is 13.7. The van der Waals surface area contributed by atoms with E-state index in [2.05, 4.69) is 0 Å². The molecule has 0 radical (unpaired) electrons. The Morgan fingerprint density at radius 1 is 1.21 bits per heavy atom. The summed E-state index contributed by atoms with van der Waals surface area (Å²) in [6.07, 6.45) is 3.35. The van der Waals surface area contributed by atoms with Crippen molar-refractivity contribution in [1.29, 1.82) is 0 Å². The zero-order valence-electron chi connectivity index (χ0n) is 10.8. The lowest BCUT2D eigenvalue weighted by molar-refractivity contribution is 0.104. The lowest BCUT2D eigenvalue weighted by Crippen LogP contribution is -1.99. The molecule has 0 unspecified atom stereocenters. The van der Waals surface area contributed by atoms with Crippen LogP contribution in [-0.2, 0) is 0 Å². The molecule has 0 saturated heterocycles.